The summed E-state index contributed by atoms with van der Waals surface area (Å²) in [4.78, 5) is 16.5. The topological polar surface area (TPSA) is 71.5 Å². The number of rotatable bonds is 5. The summed E-state index contributed by atoms with van der Waals surface area (Å²) in [5.74, 6) is -1.20. The molecule has 2 aromatic carbocycles. The van der Waals surface area contributed by atoms with Crippen LogP contribution in [0, 0.1) is 5.82 Å². The van der Waals surface area contributed by atoms with Crippen molar-refractivity contribution >= 4 is 16.8 Å². The second-order valence-electron chi connectivity index (χ2n) is 6.72. The van der Waals surface area contributed by atoms with E-state index >= 15 is 0 Å². The second kappa shape index (κ2) is 8.27. The summed E-state index contributed by atoms with van der Waals surface area (Å²) in [6, 6.07) is 6.36. The molecule has 0 aliphatic carbocycles. The van der Waals surface area contributed by atoms with Crippen molar-refractivity contribution in [2.24, 2.45) is 0 Å². The molecule has 0 radical (unpaired) electrons. The van der Waals surface area contributed by atoms with Gasteiger partial charge in [-0.05, 0) is 37.3 Å². The lowest BCUT2D eigenvalue weighted by Gasteiger charge is -2.14. The van der Waals surface area contributed by atoms with Gasteiger partial charge in [-0.1, -0.05) is 6.07 Å². The number of ether oxygens (including phenoxy) is 1. The fourth-order valence-corrected chi connectivity index (χ4v) is 2.93. The van der Waals surface area contributed by atoms with Gasteiger partial charge in [0, 0.05) is 28.8 Å². The molecule has 1 unspecified atom stereocenters. The fraction of sp³-hybridized carbons (Fsp3) is 0.238. The van der Waals surface area contributed by atoms with Crippen molar-refractivity contribution in [3.63, 3.8) is 0 Å². The third-order valence-corrected chi connectivity index (χ3v) is 4.49. The zero-order valence-electron chi connectivity index (χ0n) is 16.0. The van der Waals surface area contributed by atoms with Gasteiger partial charge < -0.3 is 15.2 Å². The van der Waals surface area contributed by atoms with E-state index in [9.17, 15) is 22.4 Å². The largest absolute Gasteiger partial charge is 0.497 e. The molecule has 1 aromatic heterocycles. The van der Waals surface area contributed by atoms with Crippen molar-refractivity contribution in [1.29, 1.82) is 0 Å². The zero-order chi connectivity index (χ0) is 22.1. The number of hydrogen-bond acceptors (Lipinski definition) is 4. The number of benzene rings is 2. The zero-order valence-corrected chi connectivity index (χ0v) is 16.0. The van der Waals surface area contributed by atoms with Gasteiger partial charge in [-0.3, -0.25) is 9.78 Å². The number of methoxy groups -OCH3 is 1. The van der Waals surface area contributed by atoms with Gasteiger partial charge in [0.05, 0.1) is 30.4 Å². The van der Waals surface area contributed by atoms with E-state index in [4.69, 9.17) is 9.84 Å². The molecule has 0 aliphatic rings. The molecule has 1 amide bonds. The van der Waals surface area contributed by atoms with Crippen LogP contribution in [0.4, 0.5) is 17.6 Å². The molecule has 30 heavy (non-hydrogen) atoms. The average molecular weight is 422 g/mol. The maximum Gasteiger partial charge on any atom is 0.416 e. The van der Waals surface area contributed by atoms with Crippen LogP contribution < -0.4 is 10.1 Å². The summed E-state index contributed by atoms with van der Waals surface area (Å²) in [7, 11) is 1.39. The Morgan fingerprint density at radius 3 is 2.53 bits per heavy atom. The van der Waals surface area contributed by atoms with Gasteiger partial charge in [-0.2, -0.15) is 13.2 Å². The maximum absolute atomic E-state index is 14.6. The van der Waals surface area contributed by atoms with E-state index < -0.39 is 29.5 Å². The van der Waals surface area contributed by atoms with E-state index in [0.717, 1.165) is 12.1 Å². The molecule has 1 heterocycles. The van der Waals surface area contributed by atoms with Crippen LogP contribution in [0.5, 0.6) is 5.75 Å². The van der Waals surface area contributed by atoms with Gasteiger partial charge in [-0.25, -0.2) is 4.39 Å². The number of fused-ring (bicyclic) bond motifs is 1. The van der Waals surface area contributed by atoms with Crippen LogP contribution in [0.2, 0.25) is 0 Å². The molecule has 2 N–H and O–H groups in total. The second-order valence-corrected chi connectivity index (χ2v) is 6.72. The van der Waals surface area contributed by atoms with E-state index in [1.54, 1.807) is 13.0 Å². The van der Waals surface area contributed by atoms with Crippen LogP contribution in [0.3, 0.4) is 0 Å². The molecule has 3 rings (SSSR count). The fourth-order valence-electron chi connectivity index (χ4n) is 2.93. The molecular formula is C21H18F4N2O3. The first-order valence-corrected chi connectivity index (χ1v) is 8.90. The Bertz CT molecular complexity index is 1100. The van der Waals surface area contributed by atoms with Gasteiger partial charge >= 0.3 is 6.18 Å². The highest BCUT2D eigenvalue weighted by Gasteiger charge is 2.31. The smallest absolute Gasteiger partial charge is 0.416 e. The van der Waals surface area contributed by atoms with E-state index in [1.807, 2.05) is 0 Å². The van der Waals surface area contributed by atoms with Crippen LogP contribution in [-0.4, -0.2) is 35.8 Å². The molecule has 1 atom stereocenters. The lowest BCUT2D eigenvalue weighted by molar-refractivity contribution is -0.137. The Morgan fingerprint density at radius 1 is 1.20 bits per heavy atom. The lowest BCUT2D eigenvalue weighted by Crippen LogP contribution is -2.35. The molecule has 0 saturated heterocycles. The monoisotopic (exact) mass is 422 g/mol. The van der Waals surface area contributed by atoms with Crippen molar-refractivity contribution in [2.45, 2.75) is 19.1 Å². The normalized spacial score (nSPS) is 12.6. The van der Waals surface area contributed by atoms with Crippen LogP contribution in [-0.2, 0) is 6.18 Å². The lowest BCUT2D eigenvalue weighted by atomic mass is 9.98. The highest BCUT2D eigenvalue weighted by molar-refractivity contribution is 6.01. The first-order chi connectivity index (χ1) is 14.1. The number of aromatic nitrogens is 1. The Kier molecular flexibility index (Phi) is 5.93. The average Bonchev–Trinajstić information content (AvgIpc) is 2.71. The van der Waals surface area contributed by atoms with Gasteiger partial charge in [0.25, 0.3) is 5.91 Å². The molecule has 3 aromatic rings. The predicted molar refractivity (Wildman–Crippen MR) is 103 cm³/mol. The SMILES string of the molecule is COc1cc(-c2ccc(C(F)(F)F)cc2F)c2ncc(C(=O)NC(C)CO)cc2c1. The van der Waals surface area contributed by atoms with Crippen molar-refractivity contribution in [2.75, 3.05) is 13.7 Å². The molecular weight excluding hydrogens is 404 g/mol. The number of halogens is 4. The number of carbonyl (C=O) groups excluding carboxylic acids is 1. The van der Waals surface area contributed by atoms with E-state index in [2.05, 4.69) is 10.3 Å². The number of nitrogens with one attached hydrogen (secondary N) is 1. The number of aliphatic hydroxyl groups is 1. The number of hydrogen-bond donors (Lipinski definition) is 2. The summed E-state index contributed by atoms with van der Waals surface area (Å²) in [6.07, 6.45) is -3.39. The summed E-state index contributed by atoms with van der Waals surface area (Å²) in [6.45, 7) is 1.39. The number of amides is 1. The van der Waals surface area contributed by atoms with Gasteiger partial charge in [0.15, 0.2) is 0 Å². The third-order valence-electron chi connectivity index (χ3n) is 4.49. The highest BCUT2D eigenvalue weighted by Crippen LogP contribution is 2.36. The minimum absolute atomic E-state index is 0.0782. The molecule has 0 bridgehead atoms. The van der Waals surface area contributed by atoms with E-state index in [-0.39, 0.29) is 23.3 Å². The first kappa shape index (κ1) is 21.5. The van der Waals surface area contributed by atoms with Gasteiger partial charge in [0.1, 0.15) is 11.6 Å². The number of aliphatic hydroxyl groups excluding tert-OH is 1. The quantitative estimate of drug-likeness (QED) is 0.606. The minimum atomic E-state index is -4.66. The maximum atomic E-state index is 14.6. The first-order valence-electron chi connectivity index (χ1n) is 8.90. The van der Waals surface area contributed by atoms with E-state index in [1.165, 1.54) is 25.4 Å². The third kappa shape index (κ3) is 4.35. The molecule has 0 fully saturated rings. The summed E-state index contributed by atoms with van der Waals surface area (Å²) in [5.41, 5.74) is -0.450. The standard InChI is InChI=1S/C21H18F4N2O3/c1-11(10-28)27-20(29)13-5-12-6-15(30-2)8-17(19(12)26-9-13)16-4-3-14(7-18(16)22)21(23,24)25/h3-9,11,28H,10H2,1-2H3,(H,27,29). The number of pyridine rings is 1. The minimum Gasteiger partial charge on any atom is -0.497 e. The summed E-state index contributed by atoms with van der Waals surface area (Å²) < 4.78 is 58.4. The van der Waals surface area contributed by atoms with Crippen LogP contribution in [0.15, 0.2) is 42.6 Å². The van der Waals surface area contributed by atoms with Gasteiger partial charge in [0.2, 0.25) is 0 Å². The summed E-state index contributed by atoms with van der Waals surface area (Å²) >= 11 is 0. The Labute approximate surface area is 169 Å². The predicted octanol–water partition coefficient (Wildman–Crippen LogP) is 4.18. The van der Waals surface area contributed by atoms with Crippen molar-refractivity contribution in [1.82, 2.24) is 10.3 Å². The number of carbonyl (C=O) groups is 1. The Hall–Kier alpha value is -3.20. The van der Waals surface area contributed by atoms with Crippen LogP contribution in [0.25, 0.3) is 22.0 Å². The Balaban J connectivity index is 2.13. The highest BCUT2D eigenvalue weighted by atomic mass is 19.4. The molecule has 0 spiro atoms. The molecule has 5 nitrogen and oxygen atoms in total. The van der Waals surface area contributed by atoms with Crippen LogP contribution in [0.1, 0.15) is 22.8 Å². The summed E-state index contributed by atoms with van der Waals surface area (Å²) in [5, 5.41) is 12.1. The van der Waals surface area contributed by atoms with E-state index in [0.29, 0.717) is 22.7 Å². The van der Waals surface area contributed by atoms with Crippen molar-refractivity contribution in [3.8, 4) is 16.9 Å². The molecule has 9 heteroatoms. The molecule has 158 valence electrons. The van der Waals surface area contributed by atoms with Gasteiger partial charge in [-0.15, -0.1) is 0 Å². The number of nitrogens with zero attached hydrogens (tertiary/aromatic N) is 1. The van der Waals surface area contributed by atoms with Crippen LogP contribution >= 0.6 is 0 Å². The number of alkyl halides is 3. The van der Waals surface area contributed by atoms with Crippen molar-refractivity contribution in [3.05, 3.63) is 59.5 Å². The molecule has 0 saturated carbocycles. The van der Waals surface area contributed by atoms with Crippen molar-refractivity contribution < 1.29 is 32.2 Å². The Morgan fingerprint density at radius 2 is 1.93 bits per heavy atom. The molecule has 0 aliphatic heterocycles.